The molecule has 1 heterocycles. The molecule has 0 amide bonds. The quantitative estimate of drug-likeness (QED) is 0.746. The third kappa shape index (κ3) is 2.51. The van der Waals surface area contributed by atoms with Crippen LogP contribution in [0.25, 0.3) is 10.9 Å². The molecule has 0 aliphatic heterocycles. The Kier molecular flexibility index (Phi) is 3.66. The van der Waals surface area contributed by atoms with E-state index in [1.807, 2.05) is 24.3 Å². The summed E-state index contributed by atoms with van der Waals surface area (Å²) >= 11 is 5.85. The summed E-state index contributed by atoms with van der Waals surface area (Å²) in [5.41, 5.74) is 13.2. The highest BCUT2D eigenvalue weighted by molar-refractivity contribution is 6.44. The predicted molar refractivity (Wildman–Crippen MR) is 75.6 cm³/mol. The standard InChI is InChI=1S/C13H15ClN4O/c1-18-12(10(7-17-18)13(14)16)11(15)8-3-5-9(19-2)6-4-8/h3-7H,15-16H2,1-2H3/b12-11+,13-10-. The van der Waals surface area contributed by atoms with Crippen LogP contribution in [0.3, 0.4) is 0 Å². The number of halogens is 1. The van der Waals surface area contributed by atoms with Crippen LogP contribution in [0.1, 0.15) is 5.56 Å². The summed E-state index contributed by atoms with van der Waals surface area (Å²) < 4.78 is 6.76. The fourth-order valence-corrected chi connectivity index (χ4v) is 1.98. The van der Waals surface area contributed by atoms with Gasteiger partial charge in [0.05, 0.1) is 29.6 Å². The van der Waals surface area contributed by atoms with Gasteiger partial charge in [-0.1, -0.05) is 11.6 Å². The van der Waals surface area contributed by atoms with Gasteiger partial charge in [-0.25, -0.2) is 0 Å². The van der Waals surface area contributed by atoms with Crippen molar-refractivity contribution >= 4 is 22.5 Å². The van der Waals surface area contributed by atoms with Crippen molar-refractivity contribution in [3.05, 3.63) is 46.6 Å². The highest BCUT2D eigenvalue weighted by atomic mass is 35.5. The fraction of sp³-hybridized carbons (Fsp3) is 0.154. The highest BCUT2D eigenvalue weighted by Gasteiger charge is 2.05. The molecule has 1 aromatic heterocycles. The van der Waals surface area contributed by atoms with Crippen molar-refractivity contribution in [1.29, 1.82) is 0 Å². The van der Waals surface area contributed by atoms with E-state index in [0.29, 0.717) is 16.3 Å². The maximum absolute atomic E-state index is 6.18. The van der Waals surface area contributed by atoms with Crippen molar-refractivity contribution in [2.75, 3.05) is 7.11 Å². The van der Waals surface area contributed by atoms with E-state index < -0.39 is 0 Å². The van der Waals surface area contributed by atoms with Crippen LogP contribution in [0.2, 0.25) is 0 Å². The maximum Gasteiger partial charge on any atom is 0.118 e. The number of rotatable bonds is 2. The van der Waals surface area contributed by atoms with Gasteiger partial charge in [-0.05, 0) is 29.8 Å². The monoisotopic (exact) mass is 278 g/mol. The third-order valence-electron chi connectivity index (χ3n) is 2.85. The molecule has 0 saturated heterocycles. The Morgan fingerprint density at radius 2 is 1.89 bits per heavy atom. The van der Waals surface area contributed by atoms with Crippen LogP contribution >= 0.6 is 11.6 Å². The molecule has 0 atom stereocenters. The average molecular weight is 279 g/mol. The Labute approximate surface area is 115 Å². The Morgan fingerprint density at radius 1 is 1.26 bits per heavy atom. The first-order chi connectivity index (χ1) is 9.04. The Hall–Kier alpha value is -2.14. The summed E-state index contributed by atoms with van der Waals surface area (Å²) in [5.74, 6) is 0.769. The van der Waals surface area contributed by atoms with Crippen molar-refractivity contribution < 1.29 is 4.74 Å². The lowest BCUT2D eigenvalue weighted by atomic mass is 10.1. The summed E-state index contributed by atoms with van der Waals surface area (Å²) in [6, 6.07) is 7.42. The smallest absolute Gasteiger partial charge is 0.118 e. The van der Waals surface area contributed by atoms with Crippen LogP contribution in [0.15, 0.2) is 30.5 Å². The Morgan fingerprint density at radius 3 is 2.42 bits per heavy atom. The first-order valence-corrected chi connectivity index (χ1v) is 6.00. The minimum atomic E-state index is 0.166. The number of hydrogen-bond donors (Lipinski definition) is 2. The number of hydrogen-bond acceptors (Lipinski definition) is 4. The highest BCUT2D eigenvalue weighted by Crippen LogP contribution is 2.13. The minimum absolute atomic E-state index is 0.166. The predicted octanol–water partition coefficient (Wildman–Crippen LogP) is -0.193. The van der Waals surface area contributed by atoms with E-state index in [1.165, 1.54) is 0 Å². The molecule has 0 unspecified atom stereocenters. The first-order valence-electron chi connectivity index (χ1n) is 5.62. The van der Waals surface area contributed by atoms with Crippen molar-refractivity contribution in [2.45, 2.75) is 0 Å². The average Bonchev–Trinajstić information content (AvgIpc) is 2.80. The zero-order chi connectivity index (χ0) is 14.0. The molecule has 0 radical (unpaired) electrons. The van der Waals surface area contributed by atoms with Crippen LogP contribution in [-0.4, -0.2) is 16.9 Å². The molecule has 1 aromatic carbocycles. The van der Waals surface area contributed by atoms with E-state index in [2.05, 4.69) is 5.10 Å². The van der Waals surface area contributed by atoms with Crippen molar-refractivity contribution in [1.82, 2.24) is 9.78 Å². The van der Waals surface area contributed by atoms with Gasteiger partial charge in [0, 0.05) is 7.05 Å². The number of aromatic nitrogens is 2. The van der Waals surface area contributed by atoms with Gasteiger partial charge in [-0.2, -0.15) is 5.10 Å². The second-order valence-corrected chi connectivity index (χ2v) is 4.43. The number of aryl methyl sites for hydroxylation is 1. The number of ether oxygens (including phenoxy) is 1. The van der Waals surface area contributed by atoms with Crippen molar-refractivity contribution in [2.24, 2.45) is 18.5 Å². The summed E-state index contributed by atoms with van der Waals surface area (Å²) in [7, 11) is 3.40. The van der Waals surface area contributed by atoms with E-state index in [-0.39, 0.29) is 5.16 Å². The van der Waals surface area contributed by atoms with Gasteiger partial charge in [-0.3, -0.25) is 4.68 Å². The normalized spacial score (nSPS) is 14.1. The van der Waals surface area contributed by atoms with Gasteiger partial charge in [-0.15, -0.1) is 0 Å². The molecule has 0 spiro atoms. The van der Waals surface area contributed by atoms with Gasteiger partial charge in [0.25, 0.3) is 0 Å². The summed E-state index contributed by atoms with van der Waals surface area (Å²) in [4.78, 5) is 0. The fourth-order valence-electron chi connectivity index (χ4n) is 1.84. The van der Waals surface area contributed by atoms with Crippen molar-refractivity contribution in [3.63, 3.8) is 0 Å². The number of nitrogens with two attached hydrogens (primary N) is 2. The summed E-state index contributed by atoms with van der Waals surface area (Å²) in [6.07, 6.45) is 1.59. The molecule has 2 aromatic rings. The van der Waals surface area contributed by atoms with Crippen LogP contribution in [0.4, 0.5) is 0 Å². The molecule has 2 rings (SSSR count). The van der Waals surface area contributed by atoms with E-state index in [9.17, 15) is 0 Å². The van der Waals surface area contributed by atoms with Crippen LogP contribution in [0.5, 0.6) is 5.75 Å². The van der Waals surface area contributed by atoms with Crippen molar-refractivity contribution in [3.8, 4) is 5.75 Å². The molecule has 19 heavy (non-hydrogen) atoms. The summed E-state index contributed by atoms with van der Waals surface area (Å²) in [6.45, 7) is 0. The number of nitrogens with zero attached hydrogens (tertiary/aromatic N) is 2. The SMILES string of the molecule is COc1ccc(/C(N)=c2/c(=C(\N)Cl)cnn2C)cc1. The Bertz CT molecular complexity index is 699. The molecular weight excluding hydrogens is 264 g/mol. The number of methoxy groups -OCH3 is 1. The van der Waals surface area contributed by atoms with Gasteiger partial charge in [0.2, 0.25) is 0 Å². The maximum atomic E-state index is 6.18. The van der Waals surface area contributed by atoms with Crippen LogP contribution in [-0.2, 0) is 7.05 Å². The van der Waals surface area contributed by atoms with E-state index in [0.717, 1.165) is 11.3 Å². The van der Waals surface area contributed by atoms with Gasteiger partial charge < -0.3 is 16.2 Å². The molecule has 6 heteroatoms. The lowest BCUT2D eigenvalue weighted by molar-refractivity contribution is 0.415. The molecule has 100 valence electrons. The molecular formula is C13H15ClN4O. The lowest BCUT2D eigenvalue weighted by Gasteiger charge is -2.04. The van der Waals surface area contributed by atoms with E-state index in [1.54, 1.807) is 25.0 Å². The zero-order valence-electron chi connectivity index (χ0n) is 10.7. The van der Waals surface area contributed by atoms with Gasteiger partial charge in [0.15, 0.2) is 0 Å². The topological polar surface area (TPSA) is 79.1 Å². The molecule has 5 nitrogen and oxygen atoms in total. The zero-order valence-corrected chi connectivity index (χ0v) is 11.5. The second kappa shape index (κ2) is 5.24. The largest absolute Gasteiger partial charge is 0.497 e. The second-order valence-electron chi connectivity index (χ2n) is 4.02. The minimum Gasteiger partial charge on any atom is -0.497 e. The lowest BCUT2D eigenvalue weighted by Crippen LogP contribution is -2.35. The molecule has 4 N–H and O–H groups in total. The summed E-state index contributed by atoms with van der Waals surface area (Å²) in [5, 5.41) is 5.61. The first kappa shape index (κ1) is 13.3. The van der Waals surface area contributed by atoms with Crippen LogP contribution in [0, 0.1) is 0 Å². The molecule has 0 aliphatic rings. The van der Waals surface area contributed by atoms with E-state index in [4.69, 9.17) is 27.8 Å². The molecule has 0 saturated carbocycles. The van der Waals surface area contributed by atoms with E-state index >= 15 is 0 Å². The molecule has 0 bridgehead atoms. The van der Waals surface area contributed by atoms with Gasteiger partial charge >= 0.3 is 0 Å². The number of benzene rings is 1. The van der Waals surface area contributed by atoms with Gasteiger partial charge in [0.1, 0.15) is 10.9 Å². The molecule has 0 fully saturated rings. The Balaban J connectivity index is 2.71. The molecule has 0 aliphatic carbocycles. The third-order valence-corrected chi connectivity index (χ3v) is 3.06. The van der Waals surface area contributed by atoms with Crippen LogP contribution < -0.4 is 26.8 Å².